The van der Waals surface area contributed by atoms with Crippen molar-refractivity contribution in [3.05, 3.63) is 67.1 Å². The largest absolute Gasteiger partial charge is 0.471 e. The van der Waals surface area contributed by atoms with E-state index in [0.29, 0.717) is 12.2 Å². The van der Waals surface area contributed by atoms with Crippen molar-refractivity contribution in [3.63, 3.8) is 0 Å². The molecule has 7 heteroatoms. The van der Waals surface area contributed by atoms with Crippen LogP contribution in [0.1, 0.15) is 5.69 Å². The van der Waals surface area contributed by atoms with E-state index < -0.39 is 10.0 Å². The molecule has 0 spiro atoms. The van der Waals surface area contributed by atoms with Crippen LogP contribution >= 0.6 is 0 Å². The molecule has 3 aromatic rings. The fraction of sp³-hybridized carbons (Fsp3) is 0.0714. The van der Waals surface area contributed by atoms with Gasteiger partial charge >= 0.3 is 0 Å². The predicted octanol–water partition coefficient (Wildman–Crippen LogP) is 2.33. The molecule has 0 aliphatic heterocycles. The fourth-order valence-corrected chi connectivity index (χ4v) is 2.97. The van der Waals surface area contributed by atoms with Crippen LogP contribution in [0.25, 0.3) is 0 Å². The third-order valence-electron chi connectivity index (χ3n) is 2.94. The van der Waals surface area contributed by atoms with E-state index in [1.54, 1.807) is 12.3 Å². The highest BCUT2D eigenvalue weighted by Crippen LogP contribution is 2.17. The Morgan fingerprint density at radius 3 is 2.86 bits per heavy atom. The van der Waals surface area contributed by atoms with Crippen molar-refractivity contribution in [1.82, 2.24) is 8.96 Å². The summed E-state index contributed by atoms with van der Waals surface area (Å²) in [6.45, 7) is 0.524. The van der Waals surface area contributed by atoms with Crippen LogP contribution in [0.15, 0.2) is 70.8 Å². The van der Waals surface area contributed by atoms with Gasteiger partial charge in [-0.15, -0.1) is 0 Å². The predicted molar refractivity (Wildman–Crippen MR) is 77.3 cm³/mol. The van der Waals surface area contributed by atoms with Crippen LogP contribution in [0.2, 0.25) is 0 Å². The summed E-state index contributed by atoms with van der Waals surface area (Å²) in [5, 5.41) is 3.13. The first-order valence-corrected chi connectivity index (χ1v) is 7.70. The smallest absolute Gasteiger partial charge is 0.270 e. The Morgan fingerprint density at radius 1 is 1.24 bits per heavy atom. The van der Waals surface area contributed by atoms with Gasteiger partial charge in [0.1, 0.15) is 11.2 Å². The van der Waals surface area contributed by atoms with Gasteiger partial charge in [0.25, 0.3) is 10.0 Å². The highest BCUT2D eigenvalue weighted by Gasteiger charge is 2.17. The monoisotopic (exact) mass is 303 g/mol. The maximum Gasteiger partial charge on any atom is 0.270 e. The van der Waals surface area contributed by atoms with Gasteiger partial charge in [-0.2, -0.15) is 0 Å². The highest BCUT2D eigenvalue weighted by atomic mass is 32.2. The molecule has 3 rings (SSSR count). The second-order valence-electron chi connectivity index (χ2n) is 4.37. The molecule has 1 N–H and O–H groups in total. The van der Waals surface area contributed by atoms with Crippen LogP contribution in [0.5, 0.6) is 0 Å². The molecule has 0 radical (unpaired) electrons. The molecular weight excluding hydrogens is 290 g/mol. The van der Waals surface area contributed by atoms with Crippen LogP contribution < -0.4 is 5.32 Å². The SMILES string of the molecule is O=S(=O)(c1ccoc1)n1ccc(NCc2ccccn2)c1. The summed E-state index contributed by atoms with van der Waals surface area (Å²) in [7, 11) is -3.59. The summed E-state index contributed by atoms with van der Waals surface area (Å²) in [5.74, 6) is 0. The van der Waals surface area contributed by atoms with Gasteiger partial charge < -0.3 is 9.73 Å². The maximum atomic E-state index is 12.2. The second kappa shape index (κ2) is 5.45. The molecule has 3 aromatic heterocycles. The zero-order chi connectivity index (χ0) is 14.7. The van der Waals surface area contributed by atoms with Gasteiger partial charge in [-0.3, -0.25) is 4.98 Å². The lowest BCUT2D eigenvalue weighted by atomic mass is 10.3. The number of nitrogens with one attached hydrogen (secondary N) is 1. The third-order valence-corrected chi connectivity index (χ3v) is 4.55. The Labute approximate surface area is 122 Å². The number of hydrogen-bond donors (Lipinski definition) is 1. The number of rotatable bonds is 5. The highest BCUT2D eigenvalue weighted by molar-refractivity contribution is 7.90. The molecule has 108 valence electrons. The molecule has 3 heterocycles. The molecule has 0 atom stereocenters. The molecule has 21 heavy (non-hydrogen) atoms. The summed E-state index contributed by atoms with van der Waals surface area (Å²) in [6.07, 6.45) is 7.26. The van der Waals surface area contributed by atoms with Crippen LogP contribution in [0.4, 0.5) is 5.69 Å². The molecule has 0 aliphatic carbocycles. The van der Waals surface area contributed by atoms with E-state index in [-0.39, 0.29) is 4.90 Å². The average molecular weight is 303 g/mol. The molecule has 0 aliphatic rings. The second-order valence-corrected chi connectivity index (χ2v) is 6.21. The molecule has 6 nitrogen and oxygen atoms in total. The fourth-order valence-electron chi connectivity index (χ4n) is 1.85. The molecule has 0 saturated carbocycles. The molecule has 0 aromatic carbocycles. The first-order valence-electron chi connectivity index (χ1n) is 6.26. The van der Waals surface area contributed by atoms with E-state index in [4.69, 9.17) is 4.42 Å². The van der Waals surface area contributed by atoms with E-state index in [0.717, 1.165) is 9.67 Å². The Hall–Kier alpha value is -2.54. The van der Waals surface area contributed by atoms with Crippen LogP contribution in [0.3, 0.4) is 0 Å². The third kappa shape index (κ3) is 2.82. The lowest BCUT2D eigenvalue weighted by molar-refractivity contribution is 0.554. The number of hydrogen-bond acceptors (Lipinski definition) is 5. The van der Waals surface area contributed by atoms with E-state index in [1.807, 2.05) is 18.2 Å². The number of nitrogens with zero attached hydrogens (tertiary/aromatic N) is 2. The first kappa shape index (κ1) is 13.4. The van der Waals surface area contributed by atoms with Crippen LogP contribution in [-0.2, 0) is 16.6 Å². The van der Waals surface area contributed by atoms with Crippen molar-refractivity contribution in [2.24, 2.45) is 0 Å². The quantitative estimate of drug-likeness (QED) is 0.782. The number of pyridine rings is 1. The molecule has 0 unspecified atom stereocenters. The molecule has 0 bridgehead atoms. The van der Waals surface area contributed by atoms with Crippen molar-refractivity contribution in [2.45, 2.75) is 11.4 Å². The topological polar surface area (TPSA) is 77.1 Å². The zero-order valence-corrected chi connectivity index (χ0v) is 11.8. The normalized spacial score (nSPS) is 11.4. The van der Waals surface area contributed by atoms with Gasteiger partial charge in [-0.25, -0.2) is 12.4 Å². The summed E-state index contributed by atoms with van der Waals surface area (Å²) in [6, 6.07) is 8.75. The Kier molecular flexibility index (Phi) is 3.49. The summed E-state index contributed by atoms with van der Waals surface area (Å²) in [5.41, 5.74) is 1.58. The van der Waals surface area contributed by atoms with Gasteiger partial charge in [0.2, 0.25) is 0 Å². The van der Waals surface area contributed by atoms with Gasteiger partial charge in [-0.1, -0.05) is 6.07 Å². The average Bonchev–Trinajstić information content (AvgIpc) is 3.18. The zero-order valence-electron chi connectivity index (χ0n) is 11.0. The van der Waals surface area contributed by atoms with Crippen LogP contribution in [-0.4, -0.2) is 17.4 Å². The lowest BCUT2D eigenvalue weighted by Crippen LogP contribution is -2.10. The van der Waals surface area contributed by atoms with E-state index in [9.17, 15) is 8.42 Å². The summed E-state index contributed by atoms with van der Waals surface area (Å²) in [4.78, 5) is 4.31. The van der Waals surface area contributed by atoms with Crippen molar-refractivity contribution < 1.29 is 12.8 Å². The van der Waals surface area contributed by atoms with Crippen molar-refractivity contribution >= 4 is 15.7 Å². The molecule has 0 amide bonds. The minimum absolute atomic E-state index is 0.120. The standard InChI is InChI=1S/C14H13N3O3S/c18-21(19,14-5-8-20-11-14)17-7-4-13(10-17)16-9-12-3-1-2-6-15-12/h1-8,10-11,16H,9H2. The Bertz CT molecular complexity index is 808. The number of furan rings is 1. The van der Waals surface area contributed by atoms with Gasteiger partial charge in [0.15, 0.2) is 0 Å². The van der Waals surface area contributed by atoms with Gasteiger partial charge in [-0.05, 0) is 24.3 Å². The minimum Gasteiger partial charge on any atom is -0.471 e. The molecule has 0 fully saturated rings. The number of aromatic nitrogens is 2. The van der Waals surface area contributed by atoms with E-state index in [2.05, 4.69) is 10.3 Å². The van der Waals surface area contributed by atoms with Gasteiger partial charge in [0, 0.05) is 18.6 Å². The van der Waals surface area contributed by atoms with Crippen LogP contribution in [0, 0.1) is 0 Å². The Balaban J connectivity index is 1.75. The Morgan fingerprint density at radius 2 is 2.14 bits per heavy atom. The van der Waals surface area contributed by atoms with Crippen molar-refractivity contribution in [2.75, 3.05) is 5.32 Å². The van der Waals surface area contributed by atoms with E-state index in [1.165, 1.54) is 31.0 Å². The van der Waals surface area contributed by atoms with E-state index >= 15 is 0 Å². The minimum atomic E-state index is -3.59. The molecule has 0 saturated heterocycles. The maximum absolute atomic E-state index is 12.2. The van der Waals surface area contributed by atoms with Crippen molar-refractivity contribution in [1.29, 1.82) is 0 Å². The summed E-state index contributed by atoms with van der Waals surface area (Å²) < 4.78 is 30.5. The first-order chi connectivity index (χ1) is 10.2. The summed E-state index contributed by atoms with van der Waals surface area (Å²) >= 11 is 0. The van der Waals surface area contributed by atoms with Gasteiger partial charge in [0.05, 0.1) is 24.2 Å². The molecular formula is C14H13N3O3S. The van der Waals surface area contributed by atoms with Crippen molar-refractivity contribution in [3.8, 4) is 0 Å². The number of anilines is 1. The lowest BCUT2D eigenvalue weighted by Gasteiger charge is -2.04.